The van der Waals surface area contributed by atoms with Gasteiger partial charge in [0.15, 0.2) is 0 Å². The Kier molecular flexibility index (Phi) is 5.14. The fourth-order valence-corrected chi connectivity index (χ4v) is 1.73. The van der Waals surface area contributed by atoms with Gasteiger partial charge < -0.3 is 14.2 Å². The summed E-state index contributed by atoms with van der Waals surface area (Å²) in [7, 11) is 3.02. The van der Waals surface area contributed by atoms with Gasteiger partial charge >= 0.3 is 5.97 Å². The van der Waals surface area contributed by atoms with Crippen molar-refractivity contribution in [2.45, 2.75) is 0 Å². The zero-order valence-corrected chi connectivity index (χ0v) is 12.2. The number of carbonyl (C=O) groups excluding carboxylic acids is 1. The molecule has 0 aliphatic heterocycles. The first-order chi connectivity index (χ1) is 10.6. The van der Waals surface area contributed by atoms with Gasteiger partial charge in [-0.15, -0.1) is 0 Å². The van der Waals surface area contributed by atoms with Gasteiger partial charge in [0.2, 0.25) is 0 Å². The molecule has 0 saturated heterocycles. The van der Waals surface area contributed by atoms with E-state index in [1.54, 1.807) is 36.4 Å². The summed E-state index contributed by atoms with van der Waals surface area (Å²) in [6, 6.07) is 10.6. The van der Waals surface area contributed by atoms with Gasteiger partial charge in [-0.3, -0.25) is 0 Å². The van der Waals surface area contributed by atoms with Crippen molar-refractivity contribution >= 4 is 12.0 Å². The van der Waals surface area contributed by atoms with Crippen molar-refractivity contribution in [2.24, 2.45) is 0 Å². The average molecular weight is 302 g/mol. The molecule has 0 unspecified atom stereocenters. The minimum atomic E-state index is -0.556. The molecule has 0 spiro atoms. The van der Waals surface area contributed by atoms with Crippen LogP contribution in [-0.4, -0.2) is 20.2 Å². The Morgan fingerprint density at radius 3 is 2.05 bits per heavy atom. The van der Waals surface area contributed by atoms with E-state index in [0.717, 1.165) is 0 Å². The quantitative estimate of drug-likeness (QED) is 0.482. The number of benzene rings is 2. The maximum absolute atomic E-state index is 12.8. The summed E-state index contributed by atoms with van der Waals surface area (Å²) in [6.45, 7) is 0. The molecule has 2 rings (SSSR count). The molecule has 2 aromatic carbocycles. The van der Waals surface area contributed by atoms with Crippen LogP contribution in [0.4, 0.5) is 4.39 Å². The first kappa shape index (κ1) is 15.6. The van der Waals surface area contributed by atoms with E-state index in [0.29, 0.717) is 22.8 Å². The highest BCUT2D eigenvalue weighted by Crippen LogP contribution is 2.27. The third-order valence-electron chi connectivity index (χ3n) is 2.83. The minimum Gasteiger partial charge on any atom is -0.496 e. The standard InChI is InChI=1S/C17H15FO4/c1-20-14-9-15(21-2)11-16(10-14)22-17(19)8-5-12-3-6-13(18)7-4-12/h3-11H,1-2H3/b8-5+. The van der Waals surface area contributed by atoms with Crippen molar-refractivity contribution in [1.29, 1.82) is 0 Å². The predicted molar refractivity (Wildman–Crippen MR) is 80.6 cm³/mol. The van der Waals surface area contributed by atoms with Gasteiger partial charge in [0.25, 0.3) is 0 Å². The number of rotatable bonds is 5. The van der Waals surface area contributed by atoms with Gasteiger partial charge in [-0.05, 0) is 23.8 Å². The Morgan fingerprint density at radius 1 is 0.955 bits per heavy atom. The van der Waals surface area contributed by atoms with Crippen LogP contribution >= 0.6 is 0 Å². The first-order valence-corrected chi connectivity index (χ1v) is 6.49. The Bertz CT molecular complexity index is 655. The average Bonchev–Trinajstić information content (AvgIpc) is 2.54. The van der Waals surface area contributed by atoms with E-state index in [2.05, 4.69) is 0 Å². The van der Waals surface area contributed by atoms with Gasteiger partial charge in [0, 0.05) is 24.3 Å². The molecule has 0 fully saturated rings. The molecular formula is C17H15FO4. The Balaban J connectivity index is 2.06. The lowest BCUT2D eigenvalue weighted by molar-refractivity contribution is -0.128. The lowest BCUT2D eigenvalue weighted by Gasteiger charge is -2.07. The van der Waals surface area contributed by atoms with Crippen LogP contribution in [0.1, 0.15) is 5.56 Å². The van der Waals surface area contributed by atoms with Gasteiger partial charge in [0.1, 0.15) is 23.1 Å². The monoisotopic (exact) mass is 302 g/mol. The van der Waals surface area contributed by atoms with Crippen LogP contribution in [0.5, 0.6) is 17.2 Å². The van der Waals surface area contributed by atoms with Crippen molar-refractivity contribution in [3.8, 4) is 17.2 Å². The third kappa shape index (κ3) is 4.34. The third-order valence-corrected chi connectivity index (χ3v) is 2.83. The molecule has 4 nitrogen and oxygen atoms in total. The second-order valence-electron chi connectivity index (χ2n) is 4.35. The van der Waals surface area contributed by atoms with Crippen LogP contribution in [0.25, 0.3) is 6.08 Å². The fourth-order valence-electron chi connectivity index (χ4n) is 1.73. The second kappa shape index (κ2) is 7.26. The second-order valence-corrected chi connectivity index (χ2v) is 4.35. The van der Waals surface area contributed by atoms with Crippen LogP contribution in [0.2, 0.25) is 0 Å². The molecule has 0 atom stereocenters. The normalized spacial score (nSPS) is 10.5. The molecule has 0 aromatic heterocycles. The zero-order valence-electron chi connectivity index (χ0n) is 12.2. The van der Waals surface area contributed by atoms with Gasteiger partial charge in [0.05, 0.1) is 14.2 Å². The zero-order chi connectivity index (χ0) is 15.9. The number of ether oxygens (including phenoxy) is 3. The summed E-state index contributed by atoms with van der Waals surface area (Å²) in [5.41, 5.74) is 0.696. The number of hydrogen-bond donors (Lipinski definition) is 0. The van der Waals surface area contributed by atoms with Crippen LogP contribution in [0.15, 0.2) is 48.5 Å². The molecule has 0 aliphatic carbocycles. The number of carbonyl (C=O) groups is 1. The van der Waals surface area contributed by atoms with Crippen LogP contribution in [0.3, 0.4) is 0 Å². The summed E-state index contributed by atoms with van der Waals surface area (Å²) in [5, 5.41) is 0. The molecule has 0 heterocycles. The first-order valence-electron chi connectivity index (χ1n) is 6.49. The number of halogens is 1. The van der Waals surface area contributed by atoms with E-state index in [1.807, 2.05) is 0 Å². The van der Waals surface area contributed by atoms with E-state index in [1.165, 1.54) is 32.4 Å². The maximum Gasteiger partial charge on any atom is 0.336 e. The van der Waals surface area contributed by atoms with E-state index >= 15 is 0 Å². The maximum atomic E-state index is 12.8. The van der Waals surface area contributed by atoms with Gasteiger partial charge in [-0.25, -0.2) is 9.18 Å². The van der Waals surface area contributed by atoms with Gasteiger partial charge in [-0.2, -0.15) is 0 Å². The molecule has 0 saturated carbocycles. The Labute approximate surface area is 127 Å². The smallest absolute Gasteiger partial charge is 0.336 e. The minimum absolute atomic E-state index is 0.310. The Morgan fingerprint density at radius 2 is 1.50 bits per heavy atom. The van der Waals surface area contributed by atoms with Crippen molar-refractivity contribution < 1.29 is 23.4 Å². The van der Waals surface area contributed by atoms with Crippen molar-refractivity contribution in [3.63, 3.8) is 0 Å². The molecule has 22 heavy (non-hydrogen) atoms. The summed E-state index contributed by atoms with van der Waals surface area (Å²) in [4.78, 5) is 11.8. The number of hydrogen-bond acceptors (Lipinski definition) is 4. The van der Waals surface area contributed by atoms with E-state index in [-0.39, 0.29) is 5.82 Å². The van der Waals surface area contributed by atoms with E-state index in [4.69, 9.17) is 14.2 Å². The van der Waals surface area contributed by atoms with Crippen molar-refractivity contribution in [1.82, 2.24) is 0 Å². The highest BCUT2D eigenvalue weighted by molar-refractivity contribution is 5.88. The topological polar surface area (TPSA) is 44.8 Å². The number of esters is 1. The summed E-state index contributed by atoms with van der Waals surface area (Å²) in [5.74, 6) is 0.460. The summed E-state index contributed by atoms with van der Waals surface area (Å²) < 4.78 is 28.2. The fraction of sp³-hybridized carbons (Fsp3) is 0.118. The summed E-state index contributed by atoms with van der Waals surface area (Å²) in [6.07, 6.45) is 2.80. The number of methoxy groups -OCH3 is 2. The molecule has 5 heteroatoms. The van der Waals surface area contributed by atoms with E-state index in [9.17, 15) is 9.18 Å². The predicted octanol–water partition coefficient (Wildman–Crippen LogP) is 3.46. The molecule has 2 aromatic rings. The van der Waals surface area contributed by atoms with Crippen LogP contribution in [-0.2, 0) is 4.79 Å². The largest absolute Gasteiger partial charge is 0.496 e. The summed E-state index contributed by atoms with van der Waals surface area (Å²) >= 11 is 0. The van der Waals surface area contributed by atoms with E-state index < -0.39 is 5.97 Å². The molecule has 0 bridgehead atoms. The van der Waals surface area contributed by atoms with Crippen LogP contribution < -0.4 is 14.2 Å². The Hall–Kier alpha value is -2.82. The SMILES string of the molecule is COc1cc(OC)cc(OC(=O)/C=C/c2ccc(F)cc2)c1. The molecule has 0 aliphatic rings. The molecule has 0 radical (unpaired) electrons. The van der Waals surface area contributed by atoms with Crippen molar-refractivity contribution in [3.05, 3.63) is 59.9 Å². The molecule has 114 valence electrons. The van der Waals surface area contributed by atoms with Gasteiger partial charge in [-0.1, -0.05) is 12.1 Å². The molecular weight excluding hydrogens is 287 g/mol. The molecule has 0 N–H and O–H groups in total. The highest BCUT2D eigenvalue weighted by Gasteiger charge is 2.06. The van der Waals surface area contributed by atoms with Crippen molar-refractivity contribution in [2.75, 3.05) is 14.2 Å². The highest BCUT2D eigenvalue weighted by atomic mass is 19.1. The van der Waals surface area contributed by atoms with Crippen LogP contribution in [0, 0.1) is 5.82 Å². The lowest BCUT2D eigenvalue weighted by Crippen LogP contribution is -2.04. The molecule has 0 amide bonds. The lowest BCUT2D eigenvalue weighted by atomic mass is 10.2.